The van der Waals surface area contributed by atoms with Crippen LogP contribution in [0, 0.1) is 0 Å². The number of benzene rings is 1. The number of carboxylic acid groups (broad SMARTS) is 1. The van der Waals surface area contributed by atoms with E-state index in [1.165, 1.54) is 6.07 Å². The number of hydrogen-bond donors (Lipinski definition) is 3. The number of amides is 1. The zero-order valence-corrected chi connectivity index (χ0v) is 9.79. The molecule has 7 heteroatoms. The number of nitrogens with one attached hydrogen (secondary N) is 1. The first-order valence-electron chi connectivity index (χ1n) is 5.39. The molecule has 0 fully saturated rings. The van der Waals surface area contributed by atoms with Gasteiger partial charge in [-0.3, -0.25) is 4.79 Å². The summed E-state index contributed by atoms with van der Waals surface area (Å²) in [6, 6.07) is 7.90. The SMILES string of the molecule is NC(=O)c1ccc(NCc2cc(C(=O)O)no2)cc1. The van der Waals surface area contributed by atoms with E-state index < -0.39 is 11.9 Å². The second-order valence-corrected chi connectivity index (χ2v) is 3.78. The Kier molecular flexibility index (Phi) is 3.46. The molecule has 19 heavy (non-hydrogen) atoms. The lowest BCUT2D eigenvalue weighted by Crippen LogP contribution is -2.10. The zero-order chi connectivity index (χ0) is 13.8. The average molecular weight is 261 g/mol. The minimum atomic E-state index is -1.14. The van der Waals surface area contributed by atoms with E-state index in [0.717, 1.165) is 5.69 Å². The largest absolute Gasteiger partial charge is 0.476 e. The topological polar surface area (TPSA) is 118 Å². The Hall–Kier alpha value is -2.83. The monoisotopic (exact) mass is 261 g/mol. The molecule has 0 spiro atoms. The van der Waals surface area contributed by atoms with Crippen molar-refractivity contribution in [2.45, 2.75) is 6.54 Å². The number of anilines is 1. The van der Waals surface area contributed by atoms with Crippen LogP contribution in [-0.4, -0.2) is 22.1 Å². The molecule has 0 unspecified atom stereocenters. The van der Waals surface area contributed by atoms with Crippen LogP contribution in [0.2, 0.25) is 0 Å². The molecule has 2 rings (SSSR count). The molecule has 1 aromatic heterocycles. The summed E-state index contributed by atoms with van der Waals surface area (Å²) >= 11 is 0. The van der Waals surface area contributed by atoms with Crippen LogP contribution < -0.4 is 11.1 Å². The van der Waals surface area contributed by atoms with Gasteiger partial charge in [0.05, 0.1) is 6.54 Å². The standard InChI is InChI=1S/C12H11N3O4/c13-11(16)7-1-3-8(4-2-7)14-6-9-5-10(12(17)18)15-19-9/h1-5,14H,6H2,(H2,13,16)(H,17,18). The average Bonchev–Trinajstić information content (AvgIpc) is 2.86. The highest BCUT2D eigenvalue weighted by molar-refractivity contribution is 5.93. The molecule has 1 heterocycles. The number of nitrogens with zero attached hydrogens (tertiary/aromatic N) is 1. The Balaban J connectivity index is 1.97. The van der Waals surface area contributed by atoms with Crippen molar-refractivity contribution in [1.29, 1.82) is 0 Å². The number of aromatic carboxylic acids is 1. The normalized spacial score (nSPS) is 10.1. The van der Waals surface area contributed by atoms with Gasteiger partial charge < -0.3 is 20.7 Å². The van der Waals surface area contributed by atoms with Crippen LogP contribution in [0.1, 0.15) is 26.6 Å². The second-order valence-electron chi connectivity index (χ2n) is 3.78. The van der Waals surface area contributed by atoms with E-state index in [2.05, 4.69) is 10.5 Å². The predicted octanol–water partition coefficient (Wildman–Crippen LogP) is 1.08. The first-order valence-corrected chi connectivity index (χ1v) is 5.39. The molecule has 0 radical (unpaired) electrons. The third-order valence-electron chi connectivity index (χ3n) is 2.41. The van der Waals surface area contributed by atoms with Crippen LogP contribution in [0.3, 0.4) is 0 Å². The number of aromatic nitrogens is 1. The van der Waals surface area contributed by atoms with Crippen molar-refractivity contribution in [1.82, 2.24) is 5.16 Å². The summed E-state index contributed by atoms with van der Waals surface area (Å²) in [6.45, 7) is 0.288. The summed E-state index contributed by atoms with van der Waals surface area (Å²) in [5, 5.41) is 15.1. The maximum absolute atomic E-state index is 10.9. The van der Waals surface area contributed by atoms with Gasteiger partial charge in [0.15, 0.2) is 11.5 Å². The molecule has 0 aliphatic rings. The fraction of sp³-hybridized carbons (Fsp3) is 0.0833. The fourth-order valence-corrected chi connectivity index (χ4v) is 1.44. The quantitative estimate of drug-likeness (QED) is 0.741. The van der Waals surface area contributed by atoms with Crippen molar-refractivity contribution in [3.8, 4) is 0 Å². The molecule has 0 saturated carbocycles. The molecule has 2 aromatic rings. The van der Waals surface area contributed by atoms with Gasteiger partial charge in [-0.05, 0) is 24.3 Å². The first-order chi connectivity index (χ1) is 9.06. The lowest BCUT2D eigenvalue weighted by atomic mass is 10.2. The molecule has 0 aliphatic carbocycles. The number of carbonyl (C=O) groups excluding carboxylic acids is 1. The van der Waals surface area contributed by atoms with Gasteiger partial charge in [0.25, 0.3) is 0 Å². The van der Waals surface area contributed by atoms with Crippen LogP contribution >= 0.6 is 0 Å². The van der Waals surface area contributed by atoms with Gasteiger partial charge in [0.2, 0.25) is 5.91 Å². The predicted molar refractivity (Wildman–Crippen MR) is 65.7 cm³/mol. The molecule has 0 atom stereocenters. The van der Waals surface area contributed by atoms with Gasteiger partial charge in [-0.2, -0.15) is 0 Å². The first kappa shape index (κ1) is 12.6. The van der Waals surface area contributed by atoms with Gasteiger partial charge >= 0.3 is 5.97 Å². The van der Waals surface area contributed by atoms with E-state index in [1.807, 2.05) is 0 Å². The highest BCUT2D eigenvalue weighted by Crippen LogP contribution is 2.11. The number of primary amides is 1. The van der Waals surface area contributed by atoms with Gasteiger partial charge in [-0.1, -0.05) is 5.16 Å². The number of nitrogens with two attached hydrogens (primary N) is 1. The van der Waals surface area contributed by atoms with E-state index in [4.69, 9.17) is 15.4 Å². The zero-order valence-electron chi connectivity index (χ0n) is 9.79. The van der Waals surface area contributed by atoms with Crippen LogP contribution in [0.4, 0.5) is 5.69 Å². The van der Waals surface area contributed by atoms with Crippen molar-refractivity contribution >= 4 is 17.6 Å². The Morgan fingerprint density at radius 2 is 2.00 bits per heavy atom. The Morgan fingerprint density at radius 3 is 2.53 bits per heavy atom. The van der Waals surface area contributed by atoms with E-state index in [-0.39, 0.29) is 12.2 Å². The smallest absolute Gasteiger partial charge is 0.358 e. The lowest BCUT2D eigenvalue weighted by Gasteiger charge is -2.04. The van der Waals surface area contributed by atoms with E-state index in [9.17, 15) is 9.59 Å². The fourth-order valence-electron chi connectivity index (χ4n) is 1.44. The third kappa shape index (κ3) is 3.09. The number of hydrogen-bond acceptors (Lipinski definition) is 5. The van der Waals surface area contributed by atoms with Crippen LogP contribution in [0.15, 0.2) is 34.9 Å². The second kappa shape index (κ2) is 5.21. The maximum Gasteiger partial charge on any atom is 0.358 e. The molecular weight excluding hydrogens is 250 g/mol. The van der Waals surface area contributed by atoms with Crippen LogP contribution in [0.25, 0.3) is 0 Å². The van der Waals surface area contributed by atoms with Crippen molar-refractivity contribution < 1.29 is 19.2 Å². The molecule has 0 bridgehead atoms. The lowest BCUT2D eigenvalue weighted by molar-refractivity contribution is 0.0685. The van der Waals surface area contributed by atoms with Gasteiger partial charge in [0, 0.05) is 17.3 Å². The van der Waals surface area contributed by atoms with E-state index in [1.54, 1.807) is 24.3 Å². The van der Waals surface area contributed by atoms with Crippen molar-refractivity contribution in [2.24, 2.45) is 5.73 Å². The molecule has 1 amide bonds. The van der Waals surface area contributed by atoms with E-state index >= 15 is 0 Å². The molecule has 98 valence electrons. The summed E-state index contributed by atoms with van der Waals surface area (Å²) in [7, 11) is 0. The van der Waals surface area contributed by atoms with Crippen LogP contribution in [-0.2, 0) is 6.54 Å². The maximum atomic E-state index is 10.9. The summed E-state index contributed by atoms with van der Waals surface area (Å²) < 4.78 is 4.84. The van der Waals surface area contributed by atoms with Crippen molar-refractivity contribution in [2.75, 3.05) is 5.32 Å². The highest BCUT2D eigenvalue weighted by Gasteiger charge is 2.10. The molecule has 0 saturated heterocycles. The third-order valence-corrected chi connectivity index (χ3v) is 2.41. The van der Waals surface area contributed by atoms with Crippen molar-refractivity contribution in [3.63, 3.8) is 0 Å². The Morgan fingerprint density at radius 1 is 1.32 bits per heavy atom. The number of carboxylic acids is 1. The Bertz CT molecular complexity index is 604. The summed E-state index contributed by atoms with van der Waals surface area (Å²) in [4.78, 5) is 21.5. The molecule has 0 aliphatic heterocycles. The van der Waals surface area contributed by atoms with E-state index in [0.29, 0.717) is 11.3 Å². The summed E-state index contributed by atoms with van der Waals surface area (Å²) in [6.07, 6.45) is 0. The minimum Gasteiger partial charge on any atom is -0.476 e. The number of rotatable bonds is 5. The van der Waals surface area contributed by atoms with Gasteiger partial charge in [0.1, 0.15) is 0 Å². The highest BCUT2D eigenvalue weighted by atomic mass is 16.5. The molecular formula is C12H11N3O4. The van der Waals surface area contributed by atoms with Crippen molar-refractivity contribution in [3.05, 3.63) is 47.3 Å². The molecule has 7 nitrogen and oxygen atoms in total. The van der Waals surface area contributed by atoms with Crippen LogP contribution in [0.5, 0.6) is 0 Å². The van der Waals surface area contributed by atoms with Gasteiger partial charge in [-0.25, -0.2) is 4.79 Å². The minimum absolute atomic E-state index is 0.138. The summed E-state index contributed by atoms with van der Waals surface area (Å²) in [5.41, 5.74) is 6.15. The number of carbonyl (C=O) groups is 2. The molecule has 1 aromatic carbocycles. The molecule has 4 N–H and O–H groups in total. The Labute approximate surface area is 108 Å². The van der Waals surface area contributed by atoms with Gasteiger partial charge in [-0.15, -0.1) is 0 Å². The summed E-state index contributed by atoms with van der Waals surface area (Å²) in [5.74, 6) is -1.23.